The maximum Gasteiger partial charge on any atom is 0.227 e. The lowest BCUT2D eigenvalue weighted by Gasteiger charge is -2.34. The first-order valence-electron chi connectivity index (χ1n) is 10.8. The summed E-state index contributed by atoms with van der Waals surface area (Å²) in [4.78, 5) is 45.0. The Morgan fingerprint density at radius 2 is 1.93 bits per heavy atom. The molecule has 1 aromatic heterocycles. The molecule has 0 radical (unpaired) electrons. The van der Waals surface area contributed by atoms with E-state index in [0.717, 1.165) is 38.0 Å². The maximum atomic E-state index is 12.5. The minimum absolute atomic E-state index is 0.0311. The highest BCUT2D eigenvalue weighted by atomic mass is 16.2. The van der Waals surface area contributed by atoms with Gasteiger partial charge in [0.1, 0.15) is 0 Å². The van der Waals surface area contributed by atoms with Crippen LogP contribution in [0.2, 0.25) is 0 Å². The van der Waals surface area contributed by atoms with Crippen molar-refractivity contribution in [1.82, 2.24) is 20.1 Å². The molecule has 2 saturated heterocycles. The summed E-state index contributed by atoms with van der Waals surface area (Å²) in [6.45, 7) is 3.47. The fraction of sp³-hybridized carbons (Fsp3) is 0.636. The van der Waals surface area contributed by atoms with Gasteiger partial charge >= 0.3 is 0 Å². The number of pyridine rings is 1. The van der Waals surface area contributed by atoms with Crippen LogP contribution in [-0.4, -0.2) is 65.2 Å². The van der Waals surface area contributed by atoms with Crippen LogP contribution in [0.3, 0.4) is 0 Å². The van der Waals surface area contributed by atoms with Crippen molar-refractivity contribution < 1.29 is 14.4 Å². The molecule has 3 aliphatic rings. The Bertz CT molecular complexity index is 742. The molecule has 1 atom stereocenters. The smallest absolute Gasteiger partial charge is 0.227 e. The van der Waals surface area contributed by atoms with Gasteiger partial charge in [0.2, 0.25) is 17.7 Å². The zero-order valence-corrected chi connectivity index (χ0v) is 16.9. The van der Waals surface area contributed by atoms with Gasteiger partial charge in [0.15, 0.2) is 0 Å². The van der Waals surface area contributed by atoms with Crippen molar-refractivity contribution in [2.24, 2.45) is 17.8 Å². The van der Waals surface area contributed by atoms with E-state index < -0.39 is 0 Å². The average molecular weight is 399 g/mol. The van der Waals surface area contributed by atoms with Crippen LogP contribution in [-0.2, 0) is 20.8 Å². The predicted octanol–water partition coefficient (Wildman–Crippen LogP) is 1.24. The van der Waals surface area contributed by atoms with Crippen LogP contribution in [0.25, 0.3) is 0 Å². The Morgan fingerprint density at radius 1 is 1.14 bits per heavy atom. The third-order valence-electron chi connectivity index (χ3n) is 6.37. The Morgan fingerprint density at radius 3 is 2.62 bits per heavy atom. The number of nitrogens with one attached hydrogen (secondary N) is 1. The van der Waals surface area contributed by atoms with Gasteiger partial charge in [-0.25, -0.2) is 0 Å². The molecule has 7 nitrogen and oxygen atoms in total. The van der Waals surface area contributed by atoms with Gasteiger partial charge in [0, 0.05) is 51.5 Å². The van der Waals surface area contributed by atoms with Gasteiger partial charge in [-0.1, -0.05) is 6.07 Å². The lowest BCUT2D eigenvalue weighted by atomic mass is 9.95. The zero-order chi connectivity index (χ0) is 20.2. The number of nitrogens with zero attached hydrogens (tertiary/aromatic N) is 3. The van der Waals surface area contributed by atoms with E-state index in [1.165, 1.54) is 12.8 Å². The normalized spacial score (nSPS) is 22.8. The van der Waals surface area contributed by atoms with Crippen molar-refractivity contribution >= 4 is 17.7 Å². The summed E-state index contributed by atoms with van der Waals surface area (Å²) in [6.07, 6.45) is 8.39. The molecule has 1 aromatic rings. The second-order valence-electron chi connectivity index (χ2n) is 8.75. The van der Waals surface area contributed by atoms with E-state index >= 15 is 0 Å². The fourth-order valence-corrected chi connectivity index (χ4v) is 4.30. The van der Waals surface area contributed by atoms with Crippen LogP contribution in [0.1, 0.15) is 37.7 Å². The van der Waals surface area contributed by atoms with Crippen molar-refractivity contribution in [3.63, 3.8) is 0 Å². The summed E-state index contributed by atoms with van der Waals surface area (Å²) >= 11 is 0. The molecular formula is C22H30N4O3. The highest BCUT2D eigenvalue weighted by Crippen LogP contribution is 2.28. The summed E-state index contributed by atoms with van der Waals surface area (Å²) in [6, 6.07) is 3.77. The van der Waals surface area contributed by atoms with Gasteiger partial charge in [-0.2, -0.15) is 0 Å². The van der Waals surface area contributed by atoms with Gasteiger partial charge in [0.25, 0.3) is 0 Å². The van der Waals surface area contributed by atoms with Gasteiger partial charge < -0.3 is 15.1 Å². The Balaban J connectivity index is 1.19. The topological polar surface area (TPSA) is 82.6 Å². The molecule has 3 fully saturated rings. The Kier molecular flexibility index (Phi) is 6.11. The van der Waals surface area contributed by atoms with Crippen molar-refractivity contribution in [3.8, 4) is 0 Å². The van der Waals surface area contributed by atoms with Gasteiger partial charge in [0.05, 0.1) is 12.3 Å². The average Bonchev–Trinajstić information content (AvgIpc) is 3.50. The monoisotopic (exact) mass is 398 g/mol. The van der Waals surface area contributed by atoms with Crippen LogP contribution >= 0.6 is 0 Å². The van der Waals surface area contributed by atoms with E-state index in [2.05, 4.69) is 10.3 Å². The molecule has 0 bridgehead atoms. The number of carbonyl (C=O) groups is 3. The van der Waals surface area contributed by atoms with E-state index in [1.807, 2.05) is 21.9 Å². The summed E-state index contributed by atoms with van der Waals surface area (Å²) in [5.74, 6) is 1.10. The first-order chi connectivity index (χ1) is 14.1. The van der Waals surface area contributed by atoms with E-state index in [9.17, 15) is 14.4 Å². The van der Waals surface area contributed by atoms with Crippen molar-refractivity contribution in [2.45, 2.75) is 38.5 Å². The van der Waals surface area contributed by atoms with E-state index in [-0.39, 0.29) is 23.6 Å². The lowest BCUT2D eigenvalue weighted by Crippen LogP contribution is -2.42. The largest absolute Gasteiger partial charge is 0.356 e. The number of rotatable bonds is 7. The van der Waals surface area contributed by atoms with Crippen LogP contribution < -0.4 is 5.32 Å². The quantitative estimate of drug-likeness (QED) is 0.749. The van der Waals surface area contributed by atoms with Crippen molar-refractivity contribution in [3.05, 3.63) is 30.1 Å². The molecule has 1 N–H and O–H groups in total. The molecule has 3 heterocycles. The molecule has 1 aliphatic carbocycles. The molecule has 4 rings (SSSR count). The van der Waals surface area contributed by atoms with Crippen LogP contribution in [0.5, 0.6) is 0 Å². The molecule has 1 unspecified atom stereocenters. The molecular weight excluding hydrogens is 368 g/mol. The van der Waals surface area contributed by atoms with E-state index in [4.69, 9.17) is 0 Å². The highest BCUT2D eigenvalue weighted by molar-refractivity contribution is 5.89. The third kappa shape index (κ3) is 5.34. The third-order valence-corrected chi connectivity index (χ3v) is 6.37. The Hall–Kier alpha value is -2.44. The number of likely N-dealkylation sites (tertiary alicyclic amines) is 2. The Labute approximate surface area is 171 Å². The van der Waals surface area contributed by atoms with Crippen LogP contribution in [0.4, 0.5) is 0 Å². The molecule has 0 spiro atoms. The lowest BCUT2D eigenvalue weighted by molar-refractivity contribution is -0.133. The molecule has 156 valence electrons. The first-order valence-corrected chi connectivity index (χ1v) is 10.8. The SMILES string of the molecule is O=C(NCC1CC1)C1CC(=O)N(CC2CCN(C(=O)Cc3cccnc3)CC2)C1. The summed E-state index contributed by atoms with van der Waals surface area (Å²) < 4.78 is 0. The second-order valence-corrected chi connectivity index (χ2v) is 8.75. The van der Waals surface area contributed by atoms with Crippen LogP contribution in [0.15, 0.2) is 24.5 Å². The van der Waals surface area contributed by atoms with Crippen LogP contribution in [0, 0.1) is 17.8 Å². The molecule has 7 heteroatoms. The van der Waals surface area contributed by atoms with Gasteiger partial charge in [-0.3, -0.25) is 19.4 Å². The predicted molar refractivity (Wildman–Crippen MR) is 108 cm³/mol. The molecule has 0 aromatic carbocycles. The second kappa shape index (κ2) is 8.93. The first kappa shape index (κ1) is 19.9. The number of aromatic nitrogens is 1. The van der Waals surface area contributed by atoms with Crippen molar-refractivity contribution in [1.29, 1.82) is 0 Å². The molecule has 1 saturated carbocycles. The number of carbonyl (C=O) groups excluding carboxylic acids is 3. The number of piperidine rings is 1. The van der Waals surface area contributed by atoms with Gasteiger partial charge in [-0.05, 0) is 49.1 Å². The zero-order valence-electron chi connectivity index (χ0n) is 16.9. The minimum atomic E-state index is -0.206. The number of hydrogen-bond donors (Lipinski definition) is 1. The van der Waals surface area contributed by atoms with Gasteiger partial charge in [-0.15, -0.1) is 0 Å². The van der Waals surface area contributed by atoms with E-state index in [0.29, 0.717) is 37.8 Å². The highest BCUT2D eigenvalue weighted by Gasteiger charge is 2.36. The molecule has 3 amide bonds. The van der Waals surface area contributed by atoms with Crippen molar-refractivity contribution in [2.75, 3.05) is 32.7 Å². The minimum Gasteiger partial charge on any atom is -0.356 e. The van der Waals surface area contributed by atoms with E-state index in [1.54, 1.807) is 12.4 Å². The summed E-state index contributed by atoms with van der Waals surface area (Å²) in [7, 11) is 0. The summed E-state index contributed by atoms with van der Waals surface area (Å²) in [5, 5.41) is 3.00. The fourth-order valence-electron chi connectivity index (χ4n) is 4.30. The number of hydrogen-bond acceptors (Lipinski definition) is 4. The summed E-state index contributed by atoms with van der Waals surface area (Å²) in [5.41, 5.74) is 0.938. The molecule has 2 aliphatic heterocycles. The molecule has 29 heavy (non-hydrogen) atoms. The maximum absolute atomic E-state index is 12.5. The number of amides is 3. The standard InChI is InChI=1S/C22H30N4O3/c27-20(10-18-2-1-7-23-12-18)25-8-5-17(6-9-25)14-26-15-19(11-21(26)28)22(29)24-13-16-3-4-16/h1-2,7,12,16-17,19H,3-6,8-11,13-15H2,(H,24,29).